The minimum atomic E-state index is -0.394. The Morgan fingerprint density at radius 3 is 2.59 bits per heavy atom. The molecule has 0 saturated carbocycles. The monoisotopic (exact) mass is 629 g/mol. The Morgan fingerprint density at radius 1 is 1.09 bits per heavy atom. The molecule has 0 saturated heterocycles. The zero-order valence-corrected chi connectivity index (χ0v) is 27.0. The Kier molecular flexibility index (Phi) is 9.98. The van der Waals surface area contributed by atoms with Gasteiger partial charge in [-0.2, -0.15) is 5.10 Å². The number of likely N-dealkylation sites (N-methyl/N-ethyl adjacent to an activating group) is 1. The molecular formula is C33H43N9O4. The summed E-state index contributed by atoms with van der Waals surface area (Å²) in [4.78, 5) is 68.0. The van der Waals surface area contributed by atoms with E-state index in [1.807, 2.05) is 42.3 Å². The fourth-order valence-corrected chi connectivity index (χ4v) is 6.18. The van der Waals surface area contributed by atoms with Gasteiger partial charge in [0, 0.05) is 62.8 Å². The normalized spacial score (nSPS) is 18.2. The molecule has 1 atom stereocenters. The molecule has 1 aromatic carbocycles. The van der Waals surface area contributed by atoms with Gasteiger partial charge >= 0.3 is 0 Å². The first-order chi connectivity index (χ1) is 22.0. The Labute approximate surface area is 269 Å². The molecule has 2 aliphatic rings. The van der Waals surface area contributed by atoms with Gasteiger partial charge in [-0.25, -0.2) is 9.97 Å². The largest absolute Gasteiger partial charge is 0.368 e. The van der Waals surface area contributed by atoms with Crippen LogP contribution in [0.3, 0.4) is 0 Å². The molecule has 0 spiro atoms. The van der Waals surface area contributed by atoms with Crippen LogP contribution in [0.4, 0.5) is 5.95 Å². The molecule has 3 heterocycles. The first kappa shape index (κ1) is 32.6. The van der Waals surface area contributed by atoms with Crippen LogP contribution in [-0.4, -0.2) is 104 Å². The van der Waals surface area contributed by atoms with Crippen molar-refractivity contribution in [2.24, 2.45) is 13.0 Å². The van der Waals surface area contributed by atoms with Crippen LogP contribution < -0.4 is 11.1 Å². The third-order valence-electron chi connectivity index (χ3n) is 8.69. The highest BCUT2D eigenvalue weighted by Gasteiger charge is 2.35. The summed E-state index contributed by atoms with van der Waals surface area (Å²) < 4.78 is 1.74. The van der Waals surface area contributed by atoms with Gasteiger partial charge in [0.1, 0.15) is 6.54 Å². The van der Waals surface area contributed by atoms with Crippen molar-refractivity contribution in [2.45, 2.75) is 52.0 Å². The lowest BCUT2D eigenvalue weighted by atomic mass is 9.89. The smallest absolute Gasteiger partial charge is 0.274 e. The van der Waals surface area contributed by atoms with Crippen molar-refractivity contribution in [3.05, 3.63) is 59.0 Å². The molecule has 3 aromatic rings. The lowest BCUT2D eigenvalue weighted by Crippen LogP contribution is -2.50. The number of benzene rings is 1. The number of fused-ring (bicyclic) bond motifs is 1. The highest BCUT2D eigenvalue weighted by Crippen LogP contribution is 2.29. The van der Waals surface area contributed by atoms with Gasteiger partial charge in [0.05, 0.1) is 17.8 Å². The van der Waals surface area contributed by atoms with E-state index in [1.165, 1.54) is 16.0 Å². The molecule has 0 fully saturated rings. The summed E-state index contributed by atoms with van der Waals surface area (Å²) in [6, 6.07) is 9.08. The number of nitrogens with two attached hydrogens (primary N) is 1. The lowest BCUT2D eigenvalue weighted by molar-refractivity contribution is -0.134. The van der Waals surface area contributed by atoms with Crippen LogP contribution in [0.5, 0.6) is 0 Å². The number of amides is 4. The number of anilines is 1. The number of carbonyl (C=O) groups excluding carboxylic acids is 4. The lowest BCUT2D eigenvalue weighted by Gasteiger charge is -2.37. The van der Waals surface area contributed by atoms with Crippen LogP contribution in [0.25, 0.3) is 11.3 Å². The topological polar surface area (TPSA) is 160 Å². The molecule has 5 rings (SSSR count). The number of carbonyl (C=O) groups is 4. The van der Waals surface area contributed by atoms with Crippen LogP contribution in [0.2, 0.25) is 0 Å². The van der Waals surface area contributed by atoms with Crippen LogP contribution in [-0.2, 0) is 29.5 Å². The van der Waals surface area contributed by atoms with Crippen molar-refractivity contribution in [1.29, 1.82) is 0 Å². The molecule has 13 nitrogen and oxygen atoms in total. The second kappa shape index (κ2) is 14.1. The van der Waals surface area contributed by atoms with E-state index in [4.69, 9.17) is 5.73 Å². The Morgan fingerprint density at radius 2 is 1.85 bits per heavy atom. The van der Waals surface area contributed by atoms with Crippen molar-refractivity contribution in [1.82, 2.24) is 39.8 Å². The molecule has 1 aliphatic carbocycles. The number of hydrogen-bond donors (Lipinski definition) is 2. The number of hydrogen-bond acceptors (Lipinski definition) is 8. The van der Waals surface area contributed by atoms with Gasteiger partial charge in [-0.3, -0.25) is 23.9 Å². The van der Waals surface area contributed by atoms with Crippen molar-refractivity contribution >= 4 is 29.6 Å². The second-order valence-electron chi connectivity index (χ2n) is 12.5. The third-order valence-corrected chi connectivity index (χ3v) is 8.69. The zero-order valence-electron chi connectivity index (χ0n) is 27.0. The second-order valence-corrected chi connectivity index (χ2v) is 12.5. The van der Waals surface area contributed by atoms with Gasteiger partial charge in [-0.15, -0.1) is 0 Å². The minimum Gasteiger partial charge on any atom is -0.368 e. The Bertz CT molecular complexity index is 1600. The van der Waals surface area contributed by atoms with E-state index >= 15 is 0 Å². The molecule has 1 aliphatic heterocycles. The van der Waals surface area contributed by atoms with E-state index in [0.717, 1.165) is 17.7 Å². The van der Waals surface area contributed by atoms with E-state index in [-0.39, 0.29) is 61.5 Å². The molecule has 4 amide bonds. The van der Waals surface area contributed by atoms with Gasteiger partial charge in [-0.05, 0) is 38.0 Å². The van der Waals surface area contributed by atoms with Crippen molar-refractivity contribution in [2.75, 3.05) is 45.5 Å². The van der Waals surface area contributed by atoms with E-state index in [9.17, 15) is 19.2 Å². The third kappa shape index (κ3) is 7.19. The number of nitrogens with zero attached hydrogens (tertiary/aromatic N) is 7. The summed E-state index contributed by atoms with van der Waals surface area (Å²) in [5.74, 6) is -0.816. The number of aryl methyl sites for hydroxylation is 1. The minimum absolute atomic E-state index is 0.0388. The summed E-state index contributed by atoms with van der Waals surface area (Å²) in [6.45, 7) is 4.93. The summed E-state index contributed by atoms with van der Waals surface area (Å²) in [5.41, 5.74) is 9.35. The van der Waals surface area contributed by atoms with E-state index in [2.05, 4.69) is 34.2 Å². The van der Waals surface area contributed by atoms with Gasteiger partial charge < -0.3 is 25.8 Å². The summed E-state index contributed by atoms with van der Waals surface area (Å²) in [7, 11) is 3.41. The first-order valence-corrected chi connectivity index (χ1v) is 15.9. The van der Waals surface area contributed by atoms with E-state index in [0.29, 0.717) is 55.1 Å². The van der Waals surface area contributed by atoms with Gasteiger partial charge in [0.2, 0.25) is 17.8 Å². The number of nitrogens with one attached hydrogen (secondary N) is 1. The first-order valence-electron chi connectivity index (χ1n) is 15.9. The zero-order chi connectivity index (χ0) is 33.0. The predicted octanol–water partition coefficient (Wildman–Crippen LogP) is 1.93. The molecule has 3 N–H and O–H groups in total. The average molecular weight is 630 g/mol. The fourth-order valence-electron chi connectivity index (χ4n) is 6.18. The maximum Gasteiger partial charge on any atom is 0.274 e. The highest BCUT2D eigenvalue weighted by molar-refractivity contribution is 6.01. The summed E-state index contributed by atoms with van der Waals surface area (Å²) in [5, 5.41) is 7.39. The number of rotatable bonds is 5. The molecule has 2 aromatic heterocycles. The molecular weight excluding hydrogens is 586 g/mol. The average Bonchev–Trinajstić information content (AvgIpc) is 3.37. The van der Waals surface area contributed by atoms with Gasteiger partial charge in [0.25, 0.3) is 11.8 Å². The van der Waals surface area contributed by atoms with Gasteiger partial charge in [0.15, 0.2) is 5.69 Å². The van der Waals surface area contributed by atoms with Gasteiger partial charge in [-0.1, -0.05) is 44.2 Å². The SMILES string of the molecule is CC(C)CCN1C(=O)CN(C(=O)c2cnc(N)nc2-c2ccccc2)CCCNC(=O)CN(C)C(=O)c2nn(C)c3c2CC1CC3. The van der Waals surface area contributed by atoms with Crippen LogP contribution in [0.1, 0.15) is 65.2 Å². The van der Waals surface area contributed by atoms with Crippen molar-refractivity contribution < 1.29 is 19.2 Å². The molecule has 244 valence electrons. The number of nitrogen functional groups attached to an aromatic ring is 1. The quantitative estimate of drug-likeness (QED) is 0.433. The van der Waals surface area contributed by atoms with Crippen molar-refractivity contribution in [3.8, 4) is 11.3 Å². The summed E-state index contributed by atoms with van der Waals surface area (Å²) >= 11 is 0. The van der Waals surface area contributed by atoms with Crippen LogP contribution in [0, 0.1) is 5.92 Å². The van der Waals surface area contributed by atoms with Crippen LogP contribution >= 0.6 is 0 Å². The van der Waals surface area contributed by atoms with Crippen LogP contribution in [0.15, 0.2) is 36.5 Å². The van der Waals surface area contributed by atoms with E-state index in [1.54, 1.807) is 11.7 Å². The molecule has 13 heteroatoms. The maximum absolute atomic E-state index is 14.3. The van der Waals surface area contributed by atoms with E-state index < -0.39 is 5.91 Å². The number of aromatic nitrogens is 4. The molecule has 0 radical (unpaired) electrons. The molecule has 2 bridgehead atoms. The predicted molar refractivity (Wildman–Crippen MR) is 173 cm³/mol. The fraction of sp³-hybridized carbons (Fsp3) is 0.485. The Balaban J connectivity index is 1.51. The standard InChI is InChI=1S/C33H43N9O4/c1-21(2)13-16-42-23-11-12-26-24(17-23)30(38-40(26)4)32(46)39(3)19-27(43)35-14-8-15-41(20-28(42)44)31(45)25-18-36-33(34)37-29(25)22-9-6-5-7-10-22/h5-7,9-10,18,21,23H,8,11-17,19-20H2,1-4H3,(H,35,43)(H2,34,36,37). The highest BCUT2D eigenvalue weighted by atomic mass is 16.2. The van der Waals surface area contributed by atoms with Crippen molar-refractivity contribution in [3.63, 3.8) is 0 Å². The molecule has 1 unspecified atom stereocenters. The summed E-state index contributed by atoms with van der Waals surface area (Å²) in [6.07, 6.45) is 4.42. The molecule has 46 heavy (non-hydrogen) atoms. The Hall–Kier alpha value is -4.81. The maximum atomic E-state index is 14.3.